The zero-order valence-corrected chi connectivity index (χ0v) is 13.8. The maximum atomic E-state index is 6.07. The molecule has 4 unspecified atom stereocenters. The van der Waals surface area contributed by atoms with Crippen LogP contribution in [0.25, 0.3) is 0 Å². The van der Waals surface area contributed by atoms with Gasteiger partial charge in [-0.05, 0) is 31.9 Å². The van der Waals surface area contributed by atoms with Crippen LogP contribution in [0, 0.1) is 11.8 Å². The number of nitrogens with one attached hydrogen (secondary N) is 1. The van der Waals surface area contributed by atoms with Crippen LogP contribution in [0.2, 0.25) is 0 Å². The Hall–Kier alpha value is -1.62. The lowest BCUT2D eigenvalue weighted by atomic mass is 9.82. The van der Waals surface area contributed by atoms with Gasteiger partial charge >= 0.3 is 0 Å². The van der Waals surface area contributed by atoms with Crippen molar-refractivity contribution in [2.24, 2.45) is 16.8 Å². The molecule has 5 nitrogen and oxygen atoms in total. The molecule has 4 heterocycles. The summed E-state index contributed by atoms with van der Waals surface area (Å²) in [4.78, 5) is 11.7. The van der Waals surface area contributed by atoms with E-state index in [0.717, 1.165) is 44.3 Å². The Morgan fingerprint density at radius 2 is 2.09 bits per heavy atom. The molecule has 0 aliphatic carbocycles. The van der Waals surface area contributed by atoms with E-state index in [4.69, 9.17) is 9.73 Å². The summed E-state index contributed by atoms with van der Waals surface area (Å²) in [7, 11) is 0. The number of pyridine rings is 1. The van der Waals surface area contributed by atoms with Gasteiger partial charge in [0.25, 0.3) is 0 Å². The van der Waals surface area contributed by atoms with E-state index in [1.54, 1.807) is 0 Å². The number of ether oxygens (including phenoxy) is 1. The van der Waals surface area contributed by atoms with Crippen LogP contribution in [0.15, 0.2) is 29.4 Å². The third-order valence-electron chi connectivity index (χ3n) is 5.44. The molecule has 0 saturated carbocycles. The third kappa shape index (κ3) is 2.94. The predicted octanol–water partition coefficient (Wildman–Crippen LogP) is 1.70. The van der Waals surface area contributed by atoms with Gasteiger partial charge in [-0.2, -0.15) is 0 Å². The van der Waals surface area contributed by atoms with Crippen LogP contribution in [0.3, 0.4) is 0 Å². The summed E-state index contributed by atoms with van der Waals surface area (Å²) < 4.78 is 6.07. The highest BCUT2D eigenvalue weighted by Gasteiger charge is 2.53. The summed E-state index contributed by atoms with van der Waals surface area (Å²) in [6, 6.07) is 6.06. The van der Waals surface area contributed by atoms with E-state index in [1.807, 2.05) is 18.3 Å². The van der Waals surface area contributed by atoms with Crippen LogP contribution < -0.4 is 5.32 Å². The van der Waals surface area contributed by atoms with Gasteiger partial charge in [-0.15, -0.1) is 0 Å². The molecule has 0 aromatic carbocycles. The van der Waals surface area contributed by atoms with Gasteiger partial charge in [-0.3, -0.25) is 9.98 Å². The number of likely N-dealkylation sites (tertiary alicyclic amines) is 1. The maximum Gasteiger partial charge on any atom is 0.193 e. The molecule has 0 radical (unpaired) electrons. The average molecular weight is 314 g/mol. The van der Waals surface area contributed by atoms with Crippen LogP contribution in [-0.2, 0) is 11.2 Å². The van der Waals surface area contributed by atoms with Gasteiger partial charge in [0.1, 0.15) is 0 Å². The average Bonchev–Trinajstić information content (AvgIpc) is 3.28. The normalized spacial score (nSPS) is 32.4. The van der Waals surface area contributed by atoms with Crippen molar-refractivity contribution in [2.75, 3.05) is 26.2 Å². The number of nitrogens with zero attached hydrogens (tertiary/aromatic N) is 3. The van der Waals surface area contributed by atoms with E-state index in [-0.39, 0.29) is 0 Å². The fourth-order valence-corrected chi connectivity index (χ4v) is 4.38. The number of rotatable bonds is 4. The minimum Gasteiger partial charge on any atom is -0.374 e. The first-order valence-electron chi connectivity index (χ1n) is 8.93. The van der Waals surface area contributed by atoms with Crippen molar-refractivity contribution in [1.29, 1.82) is 0 Å². The number of hydrogen-bond donors (Lipinski definition) is 1. The van der Waals surface area contributed by atoms with E-state index >= 15 is 0 Å². The molecule has 3 aliphatic rings. The van der Waals surface area contributed by atoms with Crippen molar-refractivity contribution < 1.29 is 4.74 Å². The third-order valence-corrected chi connectivity index (χ3v) is 5.44. The van der Waals surface area contributed by atoms with Gasteiger partial charge in [0, 0.05) is 56.3 Å². The molecule has 1 N–H and O–H groups in total. The largest absolute Gasteiger partial charge is 0.374 e. The highest BCUT2D eigenvalue weighted by molar-refractivity contribution is 5.80. The number of aromatic nitrogens is 1. The molecule has 23 heavy (non-hydrogen) atoms. The zero-order valence-electron chi connectivity index (χ0n) is 13.8. The van der Waals surface area contributed by atoms with Crippen molar-refractivity contribution in [1.82, 2.24) is 15.2 Å². The topological polar surface area (TPSA) is 49.8 Å². The fourth-order valence-electron chi connectivity index (χ4n) is 4.38. The summed E-state index contributed by atoms with van der Waals surface area (Å²) in [6.45, 7) is 6.03. The Bertz CT molecular complexity index is 543. The quantitative estimate of drug-likeness (QED) is 0.679. The van der Waals surface area contributed by atoms with Crippen molar-refractivity contribution in [3.63, 3.8) is 0 Å². The Morgan fingerprint density at radius 3 is 2.74 bits per heavy atom. The molecule has 1 aromatic heterocycles. The summed E-state index contributed by atoms with van der Waals surface area (Å²) in [5.41, 5.74) is 1.11. The highest BCUT2D eigenvalue weighted by Crippen LogP contribution is 2.47. The lowest BCUT2D eigenvalue weighted by Gasteiger charge is -2.23. The van der Waals surface area contributed by atoms with E-state index in [1.165, 1.54) is 12.8 Å². The van der Waals surface area contributed by atoms with Crippen molar-refractivity contribution in [3.8, 4) is 0 Å². The summed E-state index contributed by atoms with van der Waals surface area (Å²) >= 11 is 0. The van der Waals surface area contributed by atoms with Crippen molar-refractivity contribution in [2.45, 2.75) is 38.4 Å². The minimum atomic E-state index is 0.506. The van der Waals surface area contributed by atoms with Crippen molar-refractivity contribution >= 4 is 5.96 Å². The molecule has 3 saturated heterocycles. The maximum absolute atomic E-state index is 6.07. The second kappa shape index (κ2) is 6.48. The Kier molecular flexibility index (Phi) is 4.21. The molecular formula is C18H26N4O. The molecule has 4 atom stereocenters. The van der Waals surface area contributed by atoms with Crippen molar-refractivity contribution in [3.05, 3.63) is 30.1 Å². The summed E-state index contributed by atoms with van der Waals surface area (Å²) in [6.07, 6.45) is 6.27. The Labute approximate surface area is 138 Å². The second-order valence-electron chi connectivity index (χ2n) is 6.83. The summed E-state index contributed by atoms with van der Waals surface area (Å²) in [5, 5.41) is 3.46. The van der Waals surface area contributed by atoms with Gasteiger partial charge in [0.2, 0.25) is 0 Å². The SMILES string of the molecule is CCNC(=NCCc1ccccn1)N1CC2C3CCC(O3)C2C1. The molecule has 124 valence electrons. The molecular weight excluding hydrogens is 288 g/mol. The first-order valence-corrected chi connectivity index (χ1v) is 8.93. The smallest absolute Gasteiger partial charge is 0.193 e. The van der Waals surface area contributed by atoms with E-state index < -0.39 is 0 Å². The molecule has 0 amide bonds. The molecule has 5 heteroatoms. The zero-order chi connectivity index (χ0) is 15.6. The molecule has 2 bridgehead atoms. The van der Waals surface area contributed by atoms with Crippen LogP contribution in [-0.4, -0.2) is 54.2 Å². The Morgan fingerprint density at radius 1 is 1.30 bits per heavy atom. The van der Waals surface area contributed by atoms with Gasteiger partial charge in [-0.1, -0.05) is 6.07 Å². The van der Waals surface area contributed by atoms with E-state index in [9.17, 15) is 0 Å². The lowest BCUT2D eigenvalue weighted by Crippen LogP contribution is -2.41. The first-order chi connectivity index (χ1) is 11.3. The number of aliphatic imine (C=N–C) groups is 1. The van der Waals surface area contributed by atoms with Gasteiger partial charge in [0.15, 0.2) is 5.96 Å². The monoisotopic (exact) mass is 314 g/mol. The summed E-state index contributed by atoms with van der Waals surface area (Å²) in [5.74, 6) is 2.50. The van der Waals surface area contributed by atoms with Crippen LogP contribution in [0.5, 0.6) is 0 Å². The fraction of sp³-hybridized carbons (Fsp3) is 0.667. The van der Waals surface area contributed by atoms with Gasteiger partial charge < -0.3 is 15.0 Å². The van der Waals surface area contributed by atoms with Crippen LogP contribution in [0.4, 0.5) is 0 Å². The molecule has 3 fully saturated rings. The number of guanidine groups is 1. The standard InChI is InChI=1S/C18H26N4O/c1-2-19-18(21-10-8-13-5-3-4-9-20-13)22-11-14-15(12-22)17-7-6-16(14)23-17/h3-5,9,14-17H,2,6-8,10-12H2,1H3,(H,19,21). The number of fused-ring (bicyclic) bond motifs is 5. The lowest BCUT2D eigenvalue weighted by molar-refractivity contribution is 0.0767. The van der Waals surface area contributed by atoms with Crippen LogP contribution >= 0.6 is 0 Å². The van der Waals surface area contributed by atoms with E-state index in [0.29, 0.717) is 24.0 Å². The Balaban J connectivity index is 1.39. The van der Waals surface area contributed by atoms with Crippen LogP contribution in [0.1, 0.15) is 25.5 Å². The minimum absolute atomic E-state index is 0.506. The first kappa shape index (κ1) is 14.9. The molecule has 4 rings (SSSR count). The van der Waals surface area contributed by atoms with E-state index in [2.05, 4.69) is 28.2 Å². The molecule has 0 spiro atoms. The second-order valence-corrected chi connectivity index (χ2v) is 6.83. The predicted molar refractivity (Wildman–Crippen MR) is 90.4 cm³/mol. The number of hydrogen-bond acceptors (Lipinski definition) is 3. The highest BCUT2D eigenvalue weighted by atomic mass is 16.5. The van der Waals surface area contributed by atoms with Gasteiger partial charge in [-0.25, -0.2) is 0 Å². The molecule has 3 aliphatic heterocycles. The van der Waals surface area contributed by atoms with Gasteiger partial charge in [0.05, 0.1) is 12.2 Å². The molecule has 1 aromatic rings.